The molecule has 0 bridgehead atoms. The first-order valence-corrected chi connectivity index (χ1v) is 7.84. The molecule has 0 saturated heterocycles. The number of carbonyl (C=O) groups excluding carboxylic acids is 1. The number of hydrogen-bond acceptors (Lipinski definition) is 6. The molecule has 140 valence electrons. The molecule has 0 atom stereocenters. The van der Waals surface area contributed by atoms with Crippen LogP contribution in [0.5, 0.6) is 0 Å². The predicted molar refractivity (Wildman–Crippen MR) is 91.2 cm³/mol. The van der Waals surface area contributed by atoms with Crippen molar-refractivity contribution in [1.29, 1.82) is 0 Å². The molecule has 0 fully saturated rings. The number of halogens is 3. The first kappa shape index (κ1) is 19.4. The van der Waals surface area contributed by atoms with Crippen molar-refractivity contribution < 1.29 is 18.0 Å². The zero-order chi connectivity index (χ0) is 19.2. The summed E-state index contributed by atoms with van der Waals surface area (Å²) in [6.45, 7) is 3.92. The zero-order valence-electron chi connectivity index (χ0n) is 14.3. The Morgan fingerprint density at radius 2 is 1.81 bits per heavy atom. The number of nitrogens with zero attached hydrogens (tertiary/aromatic N) is 3. The number of nitrogens with one attached hydrogen (secondary N) is 3. The third-order valence-corrected chi connectivity index (χ3v) is 3.12. The van der Waals surface area contributed by atoms with E-state index in [-0.39, 0.29) is 13.1 Å². The van der Waals surface area contributed by atoms with E-state index in [1.165, 1.54) is 0 Å². The van der Waals surface area contributed by atoms with E-state index in [0.29, 0.717) is 23.3 Å². The van der Waals surface area contributed by atoms with Crippen molar-refractivity contribution in [2.45, 2.75) is 26.4 Å². The lowest BCUT2D eigenvalue weighted by Crippen LogP contribution is -2.32. The summed E-state index contributed by atoms with van der Waals surface area (Å²) in [5.41, 5.74) is 1.04. The van der Waals surface area contributed by atoms with Crippen molar-refractivity contribution in [2.75, 3.05) is 23.7 Å². The SMILES string of the molecule is Cc1ccnc(Nc2cc(NCCNC(=O)CC(F)(F)F)nc(C)n2)c1. The molecule has 0 aromatic carbocycles. The van der Waals surface area contributed by atoms with Crippen LogP contribution in [0.4, 0.5) is 30.6 Å². The normalized spacial score (nSPS) is 11.1. The molecule has 3 N–H and O–H groups in total. The molecule has 0 aliphatic carbocycles. The number of pyridine rings is 1. The summed E-state index contributed by atoms with van der Waals surface area (Å²) in [6.07, 6.45) is -4.32. The van der Waals surface area contributed by atoms with Crippen molar-refractivity contribution in [3.05, 3.63) is 35.8 Å². The lowest BCUT2D eigenvalue weighted by Gasteiger charge is -2.11. The van der Waals surface area contributed by atoms with E-state index in [1.54, 1.807) is 19.2 Å². The summed E-state index contributed by atoms with van der Waals surface area (Å²) in [5, 5.41) is 8.19. The molecule has 0 aliphatic heterocycles. The summed E-state index contributed by atoms with van der Waals surface area (Å²) < 4.78 is 36.2. The molecule has 0 spiro atoms. The molecule has 2 heterocycles. The minimum absolute atomic E-state index is 0.0418. The second kappa shape index (κ2) is 8.45. The Balaban J connectivity index is 1.88. The molecular weight excluding hydrogens is 349 g/mol. The summed E-state index contributed by atoms with van der Waals surface area (Å²) in [5.74, 6) is 1.09. The molecule has 2 aromatic heterocycles. The minimum Gasteiger partial charge on any atom is -0.368 e. The predicted octanol–water partition coefficient (Wildman–Crippen LogP) is 2.71. The monoisotopic (exact) mass is 368 g/mol. The van der Waals surface area contributed by atoms with Gasteiger partial charge in [0.15, 0.2) is 0 Å². The van der Waals surface area contributed by atoms with Gasteiger partial charge in [-0.2, -0.15) is 13.2 Å². The quantitative estimate of drug-likeness (QED) is 0.651. The van der Waals surface area contributed by atoms with Gasteiger partial charge in [0.25, 0.3) is 0 Å². The highest BCUT2D eigenvalue weighted by Gasteiger charge is 2.30. The maximum Gasteiger partial charge on any atom is 0.397 e. The van der Waals surface area contributed by atoms with Gasteiger partial charge in [0, 0.05) is 25.4 Å². The smallest absolute Gasteiger partial charge is 0.368 e. The van der Waals surface area contributed by atoms with Crippen LogP contribution in [0.25, 0.3) is 0 Å². The Morgan fingerprint density at radius 3 is 2.50 bits per heavy atom. The lowest BCUT2D eigenvalue weighted by molar-refractivity contribution is -0.153. The van der Waals surface area contributed by atoms with Gasteiger partial charge in [0.2, 0.25) is 5.91 Å². The number of anilines is 3. The van der Waals surface area contributed by atoms with Gasteiger partial charge in [-0.15, -0.1) is 0 Å². The van der Waals surface area contributed by atoms with Gasteiger partial charge in [-0.25, -0.2) is 15.0 Å². The number of aryl methyl sites for hydroxylation is 2. The van der Waals surface area contributed by atoms with Crippen LogP contribution in [0, 0.1) is 13.8 Å². The Bertz CT molecular complexity index is 766. The van der Waals surface area contributed by atoms with Crippen LogP contribution in [-0.4, -0.2) is 40.1 Å². The van der Waals surface area contributed by atoms with E-state index in [1.807, 2.05) is 19.1 Å². The van der Waals surface area contributed by atoms with Gasteiger partial charge in [-0.1, -0.05) is 0 Å². The molecule has 7 nitrogen and oxygen atoms in total. The van der Waals surface area contributed by atoms with Crippen molar-refractivity contribution in [2.24, 2.45) is 0 Å². The van der Waals surface area contributed by atoms with Gasteiger partial charge < -0.3 is 16.0 Å². The first-order chi connectivity index (χ1) is 12.2. The summed E-state index contributed by atoms with van der Waals surface area (Å²) in [7, 11) is 0. The Morgan fingerprint density at radius 1 is 1.08 bits per heavy atom. The molecule has 10 heteroatoms. The van der Waals surface area contributed by atoms with E-state index in [2.05, 4.69) is 30.9 Å². The topological polar surface area (TPSA) is 91.8 Å². The van der Waals surface area contributed by atoms with Crippen molar-refractivity contribution in [3.63, 3.8) is 0 Å². The van der Waals surface area contributed by atoms with Crippen molar-refractivity contribution >= 4 is 23.4 Å². The third-order valence-electron chi connectivity index (χ3n) is 3.12. The molecule has 0 aliphatic rings. The minimum atomic E-state index is -4.51. The van der Waals surface area contributed by atoms with Gasteiger partial charge >= 0.3 is 6.18 Å². The van der Waals surface area contributed by atoms with Gasteiger partial charge in [0.1, 0.15) is 29.7 Å². The molecule has 2 rings (SSSR count). The van der Waals surface area contributed by atoms with Crippen LogP contribution in [0.1, 0.15) is 17.8 Å². The molecule has 0 radical (unpaired) electrons. The average Bonchev–Trinajstić information content (AvgIpc) is 2.49. The largest absolute Gasteiger partial charge is 0.397 e. The van der Waals surface area contributed by atoms with Crippen molar-refractivity contribution in [1.82, 2.24) is 20.3 Å². The lowest BCUT2D eigenvalue weighted by atomic mass is 10.3. The Kier molecular flexibility index (Phi) is 6.31. The molecule has 0 unspecified atom stereocenters. The average molecular weight is 368 g/mol. The number of alkyl halides is 3. The standard InChI is InChI=1S/C16H19F3N6O/c1-10-3-4-20-12(7-10)25-14-8-13(23-11(2)24-14)21-5-6-22-15(26)9-16(17,18)19/h3-4,7-8H,5-6,9H2,1-2H3,(H,22,26)(H2,20,21,23,24,25). The van der Waals surface area contributed by atoms with Crippen LogP contribution >= 0.6 is 0 Å². The number of hydrogen-bond donors (Lipinski definition) is 3. The maximum absolute atomic E-state index is 12.1. The van der Waals surface area contributed by atoms with Gasteiger partial charge in [-0.3, -0.25) is 4.79 Å². The Hall–Kier alpha value is -2.91. The Labute approximate surface area is 148 Å². The summed E-state index contributed by atoms with van der Waals surface area (Å²) >= 11 is 0. The van der Waals surface area contributed by atoms with E-state index in [4.69, 9.17) is 0 Å². The molecule has 2 aromatic rings. The van der Waals surface area contributed by atoms with Crippen LogP contribution in [0.3, 0.4) is 0 Å². The van der Waals surface area contributed by atoms with E-state index in [9.17, 15) is 18.0 Å². The second-order valence-corrected chi connectivity index (χ2v) is 5.60. The highest BCUT2D eigenvalue weighted by Crippen LogP contribution is 2.19. The highest BCUT2D eigenvalue weighted by atomic mass is 19.4. The van der Waals surface area contributed by atoms with E-state index in [0.717, 1.165) is 5.56 Å². The fraction of sp³-hybridized carbons (Fsp3) is 0.375. The molecular formula is C16H19F3N6O. The highest BCUT2D eigenvalue weighted by molar-refractivity contribution is 5.76. The van der Waals surface area contributed by atoms with E-state index >= 15 is 0 Å². The number of carbonyl (C=O) groups is 1. The van der Waals surface area contributed by atoms with Crippen molar-refractivity contribution in [3.8, 4) is 0 Å². The summed E-state index contributed by atoms with van der Waals surface area (Å²) in [6, 6.07) is 5.38. The van der Waals surface area contributed by atoms with E-state index < -0.39 is 18.5 Å². The molecule has 26 heavy (non-hydrogen) atoms. The first-order valence-electron chi connectivity index (χ1n) is 7.84. The van der Waals surface area contributed by atoms with Crippen LogP contribution in [0.2, 0.25) is 0 Å². The number of amides is 1. The fourth-order valence-corrected chi connectivity index (χ4v) is 2.10. The fourth-order valence-electron chi connectivity index (χ4n) is 2.10. The number of aromatic nitrogens is 3. The maximum atomic E-state index is 12.1. The van der Waals surface area contributed by atoms with Crippen LogP contribution < -0.4 is 16.0 Å². The molecule has 1 amide bonds. The second-order valence-electron chi connectivity index (χ2n) is 5.60. The zero-order valence-corrected chi connectivity index (χ0v) is 14.3. The van der Waals surface area contributed by atoms with Crippen LogP contribution in [-0.2, 0) is 4.79 Å². The van der Waals surface area contributed by atoms with Crippen LogP contribution in [0.15, 0.2) is 24.4 Å². The van der Waals surface area contributed by atoms with Gasteiger partial charge in [0.05, 0.1) is 0 Å². The summed E-state index contributed by atoms with van der Waals surface area (Å²) in [4.78, 5) is 23.7. The molecule has 0 saturated carbocycles. The van der Waals surface area contributed by atoms with Gasteiger partial charge in [-0.05, 0) is 31.5 Å². The number of rotatable bonds is 7. The third kappa shape index (κ3) is 6.91.